The quantitative estimate of drug-likeness (QED) is 0.815. The minimum atomic E-state index is -0.687. The van der Waals surface area contributed by atoms with Crippen LogP contribution in [-0.4, -0.2) is 61.9 Å². The van der Waals surface area contributed by atoms with Crippen molar-refractivity contribution in [2.45, 2.75) is 45.4 Å². The molecule has 2 aromatic rings. The third-order valence-corrected chi connectivity index (χ3v) is 4.57. The molecule has 1 saturated heterocycles. The molecule has 8 heteroatoms. The molecule has 1 aliphatic rings. The Kier molecular flexibility index (Phi) is 5.63. The summed E-state index contributed by atoms with van der Waals surface area (Å²) in [6.45, 7) is 7.62. The van der Waals surface area contributed by atoms with Crippen molar-refractivity contribution >= 4 is 11.6 Å². The van der Waals surface area contributed by atoms with Crippen molar-refractivity contribution in [2.24, 2.45) is 0 Å². The maximum atomic E-state index is 9.76. The summed E-state index contributed by atoms with van der Waals surface area (Å²) in [6, 6.07) is 4.23. The lowest BCUT2D eigenvalue weighted by molar-refractivity contribution is 0.189. The Morgan fingerprint density at radius 2 is 1.73 bits per heavy atom. The fourth-order valence-corrected chi connectivity index (χ4v) is 3.46. The predicted octanol–water partition coefficient (Wildman–Crippen LogP) is 0.958. The zero-order valence-electron chi connectivity index (χ0n) is 15.4. The topological polar surface area (TPSA) is 98.5 Å². The van der Waals surface area contributed by atoms with Crippen molar-refractivity contribution in [1.29, 1.82) is 0 Å². The normalized spacial score (nSPS) is 21.7. The Hall–Kier alpha value is -2.32. The van der Waals surface area contributed by atoms with E-state index in [9.17, 15) is 5.11 Å². The molecule has 140 valence electrons. The Labute approximate surface area is 153 Å². The molecule has 0 radical (unpaired) electrons. The zero-order chi connectivity index (χ0) is 18.7. The molecule has 0 saturated carbocycles. The van der Waals surface area contributed by atoms with Crippen LogP contribution in [0.3, 0.4) is 0 Å². The lowest BCUT2D eigenvalue weighted by Crippen LogP contribution is -2.57. The van der Waals surface area contributed by atoms with Gasteiger partial charge in [-0.3, -0.25) is 0 Å². The highest BCUT2D eigenvalue weighted by atomic mass is 16.3. The van der Waals surface area contributed by atoms with E-state index in [4.69, 9.17) is 5.11 Å². The van der Waals surface area contributed by atoms with Crippen LogP contribution in [0.4, 0.5) is 11.6 Å². The average molecular weight is 358 g/mol. The summed E-state index contributed by atoms with van der Waals surface area (Å²) in [5.74, 6) is 2.81. The average Bonchev–Trinajstić information content (AvgIpc) is 2.62. The van der Waals surface area contributed by atoms with Gasteiger partial charge in [-0.15, -0.1) is 0 Å². The van der Waals surface area contributed by atoms with Crippen LogP contribution in [0.2, 0.25) is 0 Å². The van der Waals surface area contributed by atoms with Crippen LogP contribution >= 0.6 is 0 Å². The van der Waals surface area contributed by atoms with Gasteiger partial charge in [-0.05, 0) is 32.9 Å². The molecule has 26 heavy (non-hydrogen) atoms. The van der Waals surface area contributed by atoms with E-state index in [1.807, 2.05) is 12.1 Å². The number of aromatic nitrogens is 4. The first-order valence-electron chi connectivity index (χ1n) is 8.96. The monoisotopic (exact) mass is 358 g/mol. The van der Waals surface area contributed by atoms with Crippen molar-refractivity contribution in [3.8, 4) is 0 Å². The van der Waals surface area contributed by atoms with E-state index in [2.05, 4.69) is 43.6 Å². The molecule has 1 fully saturated rings. The third kappa shape index (κ3) is 3.91. The van der Waals surface area contributed by atoms with Gasteiger partial charge in [0.15, 0.2) is 5.82 Å². The van der Waals surface area contributed by atoms with Crippen molar-refractivity contribution in [3.63, 3.8) is 0 Å². The van der Waals surface area contributed by atoms with Crippen LogP contribution in [0.5, 0.6) is 0 Å². The van der Waals surface area contributed by atoms with Gasteiger partial charge in [0.2, 0.25) is 0 Å². The number of aliphatic hydroxyl groups is 2. The van der Waals surface area contributed by atoms with Crippen LogP contribution in [-0.2, 0) is 6.42 Å². The smallest absolute Gasteiger partial charge is 0.158 e. The van der Waals surface area contributed by atoms with Gasteiger partial charge in [-0.1, -0.05) is 0 Å². The second-order valence-electron chi connectivity index (χ2n) is 6.76. The van der Waals surface area contributed by atoms with Crippen molar-refractivity contribution < 1.29 is 10.2 Å². The standard InChI is InChI=1S/C18H26N6O2/c1-12-10-23(16-4-7-19-15(21-16)6-9-25)11-13(2)24(12)17-5-8-20-18(22-17)14(3)26/h4-5,7-8,12-14,25-26H,6,9-11H2,1-3H3/t12-,13+,14-/m0/s1. The molecule has 0 unspecified atom stereocenters. The molecule has 3 rings (SSSR count). The number of hydrogen-bond acceptors (Lipinski definition) is 8. The molecule has 3 heterocycles. The van der Waals surface area contributed by atoms with Gasteiger partial charge in [-0.25, -0.2) is 19.9 Å². The van der Waals surface area contributed by atoms with Crippen molar-refractivity contribution in [1.82, 2.24) is 19.9 Å². The van der Waals surface area contributed by atoms with E-state index in [-0.39, 0.29) is 18.7 Å². The Morgan fingerprint density at radius 1 is 1.08 bits per heavy atom. The van der Waals surface area contributed by atoms with E-state index in [1.54, 1.807) is 19.3 Å². The van der Waals surface area contributed by atoms with Crippen LogP contribution in [0.15, 0.2) is 24.5 Å². The SMILES string of the molecule is C[C@H](O)c1nccc(N2[C@H](C)CN(c3ccnc(CCO)n3)C[C@@H]2C)n1. The summed E-state index contributed by atoms with van der Waals surface area (Å²) in [4.78, 5) is 21.9. The molecule has 0 spiro atoms. The summed E-state index contributed by atoms with van der Waals surface area (Å²) in [6.07, 6.45) is 3.21. The van der Waals surface area contributed by atoms with E-state index in [0.717, 1.165) is 24.7 Å². The van der Waals surface area contributed by atoms with Crippen molar-refractivity contribution in [2.75, 3.05) is 29.5 Å². The predicted molar refractivity (Wildman–Crippen MR) is 99.1 cm³/mol. The molecule has 2 aromatic heterocycles. The summed E-state index contributed by atoms with van der Waals surface area (Å²) < 4.78 is 0. The summed E-state index contributed by atoms with van der Waals surface area (Å²) in [7, 11) is 0. The van der Waals surface area contributed by atoms with Crippen LogP contribution in [0, 0.1) is 0 Å². The number of nitrogens with zero attached hydrogens (tertiary/aromatic N) is 6. The van der Waals surface area contributed by atoms with E-state index < -0.39 is 6.10 Å². The fourth-order valence-electron chi connectivity index (χ4n) is 3.46. The van der Waals surface area contributed by atoms with Gasteiger partial charge in [0.1, 0.15) is 23.6 Å². The van der Waals surface area contributed by atoms with Gasteiger partial charge in [-0.2, -0.15) is 0 Å². The minimum Gasteiger partial charge on any atom is -0.396 e. The molecule has 0 amide bonds. The number of piperazine rings is 1. The largest absolute Gasteiger partial charge is 0.396 e. The first kappa shape index (κ1) is 18.5. The molecule has 1 aliphatic heterocycles. The maximum absolute atomic E-state index is 9.76. The zero-order valence-corrected chi connectivity index (χ0v) is 15.4. The van der Waals surface area contributed by atoms with Gasteiger partial charge in [0.05, 0.1) is 6.61 Å². The molecular formula is C18H26N6O2. The molecule has 8 nitrogen and oxygen atoms in total. The van der Waals surface area contributed by atoms with Gasteiger partial charge in [0, 0.05) is 44.0 Å². The first-order chi connectivity index (χ1) is 12.5. The molecule has 0 bridgehead atoms. The minimum absolute atomic E-state index is 0.0450. The molecule has 0 aliphatic carbocycles. The highest BCUT2D eigenvalue weighted by Crippen LogP contribution is 2.26. The number of rotatable bonds is 5. The van der Waals surface area contributed by atoms with Crippen molar-refractivity contribution in [3.05, 3.63) is 36.2 Å². The second-order valence-corrected chi connectivity index (χ2v) is 6.76. The van der Waals surface area contributed by atoms with Crippen LogP contribution < -0.4 is 9.80 Å². The summed E-state index contributed by atoms with van der Waals surface area (Å²) in [5.41, 5.74) is 0. The molecule has 2 N–H and O–H groups in total. The van der Waals surface area contributed by atoms with Crippen LogP contribution in [0.25, 0.3) is 0 Å². The maximum Gasteiger partial charge on any atom is 0.158 e. The second kappa shape index (κ2) is 7.92. The first-order valence-corrected chi connectivity index (χ1v) is 8.96. The number of hydrogen-bond donors (Lipinski definition) is 2. The van der Waals surface area contributed by atoms with E-state index in [0.29, 0.717) is 18.1 Å². The Bertz CT molecular complexity index is 729. The molecule has 3 atom stereocenters. The summed E-state index contributed by atoms with van der Waals surface area (Å²) in [5, 5.41) is 18.9. The highest BCUT2D eigenvalue weighted by molar-refractivity contribution is 5.47. The Balaban J connectivity index is 1.79. The lowest BCUT2D eigenvalue weighted by Gasteiger charge is -2.45. The van der Waals surface area contributed by atoms with E-state index >= 15 is 0 Å². The molecule has 0 aromatic carbocycles. The summed E-state index contributed by atoms with van der Waals surface area (Å²) >= 11 is 0. The third-order valence-electron chi connectivity index (χ3n) is 4.57. The van der Waals surface area contributed by atoms with Crippen LogP contribution in [0.1, 0.15) is 38.5 Å². The van der Waals surface area contributed by atoms with Gasteiger partial charge in [0.25, 0.3) is 0 Å². The van der Waals surface area contributed by atoms with Gasteiger partial charge >= 0.3 is 0 Å². The fraction of sp³-hybridized carbons (Fsp3) is 0.556. The highest BCUT2D eigenvalue weighted by Gasteiger charge is 2.31. The van der Waals surface area contributed by atoms with Gasteiger partial charge < -0.3 is 20.0 Å². The Morgan fingerprint density at radius 3 is 2.38 bits per heavy atom. The number of aliphatic hydroxyl groups excluding tert-OH is 2. The number of anilines is 2. The molecular weight excluding hydrogens is 332 g/mol. The lowest BCUT2D eigenvalue weighted by atomic mass is 10.1. The van der Waals surface area contributed by atoms with E-state index in [1.165, 1.54) is 0 Å².